The van der Waals surface area contributed by atoms with Crippen LogP contribution in [0, 0.1) is 0 Å². The SMILES string of the molecule is CCOCCCNC(=O)/C=C/c1ccc(C(F)(F)F)cc1. The highest BCUT2D eigenvalue weighted by Crippen LogP contribution is 2.29. The number of rotatable bonds is 7. The van der Waals surface area contributed by atoms with Crippen LogP contribution in [0.15, 0.2) is 30.3 Å². The number of carbonyl (C=O) groups is 1. The van der Waals surface area contributed by atoms with Gasteiger partial charge >= 0.3 is 6.18 Å². The summed E-state index contributed by atoms with van der Waals surface area (Å²) >= 11 is 0. The highest BCUT2D eigenvalue weighted by Gasteiger charge is 2.29. The quantitative estimate of drug-likeness (QED) is 0.620. The van der Waals surface area contributed by atoms with Crippen molar-refractivity contribution in [2.45, 2.75) is 19.5 Å². The Bertz CT molecular complexity index is 467. The summed E-state index contributed by atoms with van der Waals surface area (Å²) in [5.41, 5.74) is -0.174. The van der Waals surface area contributed by atoms with Crippen LogP contribution in [0.5, 0.6) is 0 Å². The zero-order valence-electron chi connectivity index (χ0n) is 11.7. The van der Waals surface area contributed by atoms with Crippen LogP contribution in [-0.4, -0.2) is 25.7 Å². The molecule has 0 aliphatic heterocycles. The van der Waals surface area contributed by atoms with Crippen LogP contribution < -0.4 is 5.32 Å². The molecule has 1 aromatic rings. The molecule has 6 heteroatoms. The number of alkyl halides is 3. The van der Waals surface area contributed by atoms with Crippen molar-refractivity contribution in [1.29, 1.82) is 0 Å². The number of hydrogen-bond donors (Lipinski definition) is 1. The summed E-state index contributed by atoms with van der Waals surface area (Å²) in [5.74, 6) is -0.286. The van der Waals surface area contributed by atoms with Gasteiger partial charge in [0, 0.05) is 25.8 Å². The Balaban J connectivity index is 2.40. The van der Waals surface area contributed by atoms with Gasteiger partial charge in [-0.25, -0.2) is 0 Å². The molecule has 0 bridgehead atoms. The molecule has 1 N–H and O–H groups in total. The minimum atomic E-state index is -4.35. The molecule has 3 nitrogen and oxygen atoms in total. The Kier molecular flexibility index (Phi) is 6.94. The second kappa shape index (κ2) is 8.46. The standard InChI is InChI=1S/C15H18F3NO2/c1-2-21-11-3-10-19-14(20)9-6-12-4-7-13(8-5-12)15(16,17)18/h4-9H,2-3,10-11H2,1H3,(H,19,20)/b9-6+. The van der Waals surface area contributed by atoms with E-state index >= 15 is 0 Å². The Morgan fingerprint density at radius 2 is 1.95 bits per heavy atom. The average Bonchev–Trinajstić information content (AvgIpc) is 2.44. The molecule has 1 amide bonds. The van der Waals surface area contributed by atoms with Crippen molar-refractivity contribution in [1.82, 2.24) is 5.32 Å². The van der Waals surface area contributed by atoms with E-state index in [-0.39, 0.29) is 5.91 Å². The number of carbonyl (C=O) groups excluding carboxylic acids is 1. The summed E-state index contributed by atoms with van der Waals surface area (Å²) in [6.07, 6.45) is -0.866. The maximum atomic E-state index is 12.4. The molecule has 0 heterocycles. The fourth-order valence-electron chi connectivity index (χ4n) is 1.54. The van der Waals surface area contributed by atoms with Crippen molar-refractivity contribution in [2.75, 3.05) is 19.8 Å². The van der Waals surface area contributed by atoms with Gasteiger partial charge in [-0.1, -0.05) is 12.1 Å². The van der Waals surface area contributed by atoms with E-state index in [0.29, 0.717) is 31.7 Å². The third kappa shape index (κ3) is 6.94. The predicted octanol–water partition coefficient (Wildman–Crippen LogP) is 3.26. The maximum Gasteiger partial charge on any atom is 0.416 e. The molecule has 0 saturated heterocycles. The first-order valence-corrected chi connectivity index (χ1v) is 6.64. The van der Waals surface area contributed by atoms with Crippen molar-refractivity contribution < 1.29 is 22.7 Å². The Morgan fingerprint density at radius 1 is 1.29 bits per heavy atom. The first kappa shape index (κ1) is 17.2. The minimum absolute atomic E-state index is 0.286. The Morgan fingerprint density at radius 3 is 2.52 bits per heavy atom. The van der Waals surface area contributed by atoms with Crippen LogP contribution >= 0.6 is 0 Å². The summed E-state index contributed by atoms with van der Waals surface area (Å²) in [4.78, 5) is 11.5. The number of ether oxygens (including phenoxy) is 1. The summed E-state index contributed by atoms with van der Waals surface area (Å²) in [5, 5.41) is 2.66. The second-order valence-electron chi connectivity index (χ2n) is 4.29. The van der Waals surface area contributed by atoms with Crippen LogP contribution in [0.2, 0.25) is 0 Å². The molecule has 0 radical (unpaired) electrons. The highest BCUT2D eigenvalue weighted by atomic mass is 19.4. The van der Waals surface area contributed by atoms with Crippen LogP contribution in [0.25, 0.3) is 6.08 Å². The topological polar surface area (TPSA) is 38.3 Å². The molecule has 0 atom stereocenters. The van der Waals surface area contributed by atoms with Crippen molar-refractivity contribution >= 4 is 12.0 Å². The normalized spacial score (nSPS) is 11.8. The Labute approximate surface area is 121 Å². The summed E-state index contributed by atoms with van der Waals surface area (Å²) < 4.78 is 42.2. The summed E-state index contributed by atoms with van der Waals surface area (Å²) in [7, 11) is 0. The van der Waals surface area contributed by atoms with Gasteiger partial charge in [0.2, 0.25) is 5.91 Å². The zero-order valence-corrected chi connectivity index (χ0v) is 11.7. The largest absolute Gasteiger partial charge is 0.416 e. The molecule has 0 aromatic heterocycles. The zero-order chi connectivity index (χ0) is 15.7. The lowest BCUT2D eigenvalue weighted by molar-refractivity contribution is -0.137. The lowest BCUT2D eigenvalue weighted by Gasteiger charge is -2.06. The monoisotopic (exact) mass is 301 g/mol. The smallest absolute Gasteiger partial charge is 0.382 e. The van der Waals surface area contributed by atoms with E-state index in [1.165, 1.54) is 24.3 Å². The van der Waals surface area contributed by atoms with Gasteiger partial charge < -0.3 is 10.1 Å². The van der Waals surface area contributed by atoms with Crippen LogP contribution in [0.4, 0.5) is 13.2 Å². The molecule has 116 valence electrons. The molecule has 1 aromatic carbocycles. The third-order valence-electron chi connectivity index (χ3n) is 2.63. The fourth-order valence-corrected chi connectivity index (χ4v) is 1.54. The molecular weight excluding hydrogens is 283 g/mol. The van der Waals surface area contributed by atoms with Crippen molar-refractivity contribution in [3.8, 4) is 0 Å². The number of hydrogen-bond acceptors (Lipinski definition) is 2. The highest BCUT2D eigenvalue weighted by molar-refractivity contribution is 5.91. The van der Waals surface area contributed by atoms with Crippen LogP contribution in [0.3, 0.4) is 0 Å². The van der Waals surface area contributed by atoms with Crippen molar-refractivity contribution in [3.63, 3.8) is 0 Å². The van der Waals surface area contributed by atoms with Crippen molar-refractivity contribution in [3.05, 3.63) is 41.5 Å². The van der Waals surface area contributed by atoms with Gasteiger partial charge in [0.15, 0.2) is 0 Å². The first-order valence-electron chi connectivity index (χ1n) is 6.64. The molecule has 0 fully saturated rings. The number of amides is 1. The average molecular weight is 301 g/mol. The van der Waals surface area contributed by atoms with Gasteiger partial charge in [-0.05, 0) is 37.1 Å². The lowest BCUT2D eigenvalue weighted by atomic mass is 10.1. The fraction of sp³-hybridized carbons (Fsp3) is 0.400. The van der Waals surface area contributed by atoms with E-state index in [2.05, 4.69) is 5.32 Å². The molecule has 21 heavy (non-hydrogen) atoms. The third-order valence-corrected chi connectivity index (χ3v) is 2.63. The van der Waals surface area contributed by atoms with E-state index in [0.717, 1.165) is 12.1 Å². The molecule has 1 rings (SSSR count). The van der Waals surface area contributed by atoms with Crippen molar-refractivity contribution in [2.24, 2.45) is 0 Å². The van der Waals surface area contributed by atoms with E-state index in [1.807, 2.05) is 6.92 Å². The van der Waals surface area contributed by atoms with Gasteiger partial charge in [-0.2, -0.15) is 13.2 Å². The molecule has 0 saturated carbocycles. The number of halogens is 3. The van der Waals surface area contributed by atoms with E-state index in [4.69, 9.17) is 4.74 Å². The van der Waals surface area contributed by atoms with Gasteiger partial charge in [0.05, 0.1) is 5.56 Å². The molecule has 0 spiro atoms. The van der Waals surface area contributed by atoms with Crippen LogP contribution in [-0.2, 0) is 15.7 Å². The van der Waals surface area contributed by atoms with Gasteiger partial charge in [-0.15, -0.1) is 0 Å². The molecule has 0 aliphatic carbocycles. The van der Waals surface area contributed by atoms with Gasteiger partial charge in [0.25, 0.3) is 0 Å². The van der Waals surface area contributed by atoms with Gasteiger partial charge in [-0.3, -0.25) is 4.79 Å². The summed E-state index contributed by atoms with van der Waals surface area (Å²) in [6.45, 7) is 3.61. The molecule has 0 aliphatic rings. The summed E-state index contributed by atoms with van der Waals surface area (Å²) in [6, 6.07) is 4.61. The first-order chi connectivity index (χ1) is 9.93. The maximum absolute atomic E-state index is 12.4. The van der Waals surface area contributed by atoms with Gasteiger partial charge in [0.1, 0.15) is 0 Å². The van der Waals surface area contributed by atoms with E-state index in [1.54, 1.807) is 0 Å². The predicted molar refractivity (Wildman–Crippen MR) is 74.6 cm³/mol. The molecular formula is C15H18F3NO2. The van der Waals surface area contributed by atoms with E-state index in [9.17, 15) is 18.0 Å². The van der Waals surface area contributed by atoms with E-state index < -0.39 is 11.7 Å². The minimum Gasteiger partial charge on any atom is -0.382 e. The Hall–Kier alpha value is -1.82. The molecule has 0 unspecified atom stereocenters. The number of nitrogens with one attached hydrogen (secondary N) is 1. The van der Waals surface area contributed by atoms with Crippen LogP contribution in [0.1, 0.15) is 24.5 Å². The second-order valence-corrected chi connectivity index (χ2v) is 4.29. The lowest BCUT2D eigenvalue weighted by Crippen LogP contribution is -2.23. The number of benzene rings is 1.